The predicted octanol–water partition coefficient (Wildman–Crippen LogP) is 1.79. The molecule has 2 fully saturated rings. The highest BCUT2D eigenvalue weighted by Crippen LogP contribution is 2.65. The molecule has 26 heavy (non-hydrogen) atoms. The van der Waals surface area contributed by atoms with Gasteiger partial charge in [-0.15, -0.1) is 6.58 Å². The number of ketones is 1. The number of hydrogen-bond donors (Lipinski definition) is 2. The van der Waals surface area contributed by atoms with E-state index >= 15 is 0 Å². The lowest BCUT2D eigenvalue weighted by molar-refractivity contribution is -0.199. The third kappa shape index (κ3) is 1.95. The highest BCUT2D eigenvalue weighted by Gasteiger charge is 2.73. The Morgan fingerprint density at radius 3 is 2.77 bits per heavy atom. The number of benzene rings is 1. The third-order valence-corrected chi connectivity index (χ3v) is 6.73. The Morgan fingerprint density at radius 2 is 2.08 bits per heavy atom. The average Bonchev–Trinajstić information content (AvgIpc) is 3.14. The van der Waals surface area contributed by atoms with Crippen molar-refractivity contribution >= 4 is 5.78 Å². The highest BCUT2D eigenvalue weighted by molar-refractivity contribution is 5.87. The number of Topliss-reactive ketones (excluding diaryl/α,β-unsaturated/α-hetero) is 1. The minimum atomic E-state index is -1.40. The number of ether oxygens (including phenoxy) is 3. The van der Waals surface area contributed by atoms with Gasteiger partial charge in [0.15, 0.2) is 17.3 Å². The number of fused-ring (bicyclic) bond motifs is 3. The summed E-state index contributed by atoms with van der Waals surface area (Å²) in [5.41, 5.74) is -1.26. The van der Waals surface area contributed by atoms with E-state index in [1.54, 1.807) is 6.08 Å². The van der Waals surface area contributed by atoms with Crippen molar-refractivity contribution in [1.29, 1.82) is 0 Å². The summed E-state index contributed by atoms with van der Waals surface area (Å²) in [7, 11) is 1.45. The van der Waals surface area contributed by atoms with Crippen molar-refractivity contribution in [3.05, 3.63) is 36.4 Å². The number of aliphatic hydroxyl groups excluding tert-OH is 2. The van der Waals surface area contributed by atoms with Gasteiger partial charge in [-0.1, -0.05) is 19.1 Å². The van der Waals surface area contributed by atoms with E-state index in [-0.39, 0.29) is 30.8 Å². The number of carbonyl (C=O) groups excluding carboxylic acids is 1. The molecule has 6 heteroatoms. The molecule has 0 amide bonds. The van der Waals surface area contributed by atoms with Crippen LogP contribution in [0, 0.1) is 11.3 Å². The van der Waals surface area contributed by atoms with E-state index in [1.165, 1.54) is 7.11 Å². The zero-order chi connectivity index (χ0) is 18.7. The molecule has 0 aromatic heterocycles. The lowest BCUT2D eigenvalue weighted by Gasteiger charge is -2.46. The van der Waals surface area contributed by atoms with Gasteiger partial charge in [-0.05, 0) is 30.0 Å². The second kappa shape index (κ2) is 5.81. The molecule has 3 aliphatic rings. The van der Waals surface area contributed by atoms with Crippen molar-refractivity contribution in [3.8, 4) is 11.5 Å². The van der Waals surface area contributed by atoms with Gasteiger partial charge < -0.3 is 24.4 Å². The molecule has 2 N–H and O–H groups in total. The van der Waals surface area contributed by atoms with Gasteiger partial charge in [-0.3, -0.25) is 4.79 Å². The Balaban J connectivity index is 1.90. The molecule has 1 aliphatic heterocycles. The van der Waals surface area contributed by atoms with E-state index in [2.05, 4.69) is 6.58 Å². The van der Waals surface area contributed by atoms with Crippen molar-refractivity contribution in [2.75, 3.05) is 13.9 Å². The van der Waals surface area contributed by atoms with Crippen LogP contribution in [-0.4, -0.2) is 47.7 Å². The van der Waals surface area contributed by atoms with E-state index in [4.69, 9.17) is 14.2 Å². The molecule has 4 rings (SSSR count). The molecule has 1 heterocycles. The van der Waals surface area contributed by atoms with Crippen LogP contribution in [0.25, 0.3) is 0 Å². The highest BCUT2D eigenvalue weighted by atomic mass is 16.7. The van der Waals surface area contributed by atoms with Gasteiger partial charge in [0.1, 0.15) is 11.7 Å². The second-order valence-electron chi connectivity index (χ2n) is 7.61. The summed E-state index contributed by atoms with van der Waals surface area (Å²) in [6, 6.07) is 5.56. The SMILES string of the molecule is C=CC[C@]12CC(=O)[C@H](O)[C@](OC)([C@@H](c3ccc4c(c3)OCO4)[C@@H]1C)[C@H]2O. The van der Waals surface area contributed by atoms with E-state index in [1.807, 2.05) is 25.1 Å². The van der Waals surface area contributed by atoms with E-state index in [0.29, 0.717) is 17.9 Å². The first-order valence-electron chi connectivity index (χ1n) is 8.87. The molecule has 0 saturated heterocycles. The number of allylic oxidation sites excluding steroid dienone is 1. The van der Waals surface area contributed by atoms with Crippen molar-refractivity contribution < 1.29 is 29.2 Å². The van der Waals surface area contributed by atoms with Gasteiger partial charge >= 0.3 is 0 Å². The Bertz CT molecular complexity index is 761. The summed E-state index contributed by atoms with van der Waals surface area (Å²) in [5.74, 6) is 0.492. The minimum absolute atomic E-state index is 0.106. The molecule has 2 aliphatic carbocycles. The Morgan fingerprint density at radius 1 is 1.35 bits per heavy atom. The maximum atomic E-state index is 12.6. The molecule has 6 atom stereocenters. The summed E-state index contributed by atoms with van der Waals surface area (Å²) >= 11 is 0. The Labute approximate surface area is 152 Å². The molecule has 6 nitrogen and oxygen atoms in total. The van der Waals surface area contributed by atoms with Crippen LogP contribution in [0.5, 0.6) is 11.5 Å². The quantitative estimate of drug-likeness (QED) is 0.797. The second-order valence-corrected chi connectivity index (χ2v) is 7.61. The first-order chi connectivity index (χ1) is 12.4. The molecule has 2 saturated carbocycles. The first kappa shape index (κ1) is 17.5. The largest absolute Gasteiger partial charge is 0.454 e. The van der Waals surface area contributed by atoms with Crippen LogP contribution < -0.4 is 9.47 Å². The van der Waals surface area contributed by atoms with Crippen LogP contribution in [0.1, 0.15) is 31.2 Å². The number of aliphatic hydroxyl groups is 2. The summed E-state index contributed by atoms with van der Waals surface area (Å²) in [6.45, 7) is 5.98. The first-order valence-corrected chi connectivity index (χ1v) is 8.87. The van der Waals surface area contributed by atoms with Crippen molar-refractivity contribution in [2.45, 2.75) is 43.5 Å². The number of hydrogen-bond acceptors (Lipinski definition) is 6. The van der Waals surface area contributed by atoms with E-state index < -0.39 is 23.2 Å². The number of methoxy groups -OCH3 is 1. The van der Waals surface area contributed by atoms with Crippen LogP contribution in [0.15, 0.2) is 30.9 Å². The molecule has 1 aromatic rings. The average molecular weight is 360 g/mol. The fourth-order valence-corrected chi connectivity index (χ4v) is 5.49. The fourth-order valence-electron chi connectivity index (χ4n) is 5.49. The fraction of sp³-hybridized carbons (Fsp3) is 0.550. The molecule has 0 radical (unpaired) electrons. The zero-order valence-corrected chi connectivity index (χ0v) is 15.0. The van der Waals surface area contributed by atoms with Gasteiger partial charge in [0, 0.05) is 24.9 Å². The van der Waals surface area contributed by atoms with Crippen LogP contribution >= 0.6 is 0 Å². The summed E-state index contributed by atoms with van der Waals surface area (Å²) in [6.07, 6.45) is -0.0705. The van der Waals surface area contributed by atoms with Crippen LogP contribution in [-0.2, 0) is 9.53 Å². The van der Waals surface area contributed by atoms with Crippen LogP contribution in [0.3, 0.4) is 0 Å². The van der Waals surface area contributed by atoms with Crippen molar-refractivity contribution in [3.63, 3.8) is 0 Å². The summed E-state index contributed by atoms with van der Waals surface area (Å²) in [5, 5.41) is 22.1. The van der Waals surface area contributed by atoms with E-state index in [9.17, 15) is 15.0 Å². The molecule has 0 spiro atoms. The van der Waals surface area contributed by atoms with Gasteiger partial charge in [-0.25, -0.2) is 0 Å². The van der Waals surface area contributed by atoms with Crippen LogP contribution in [0.4, 0.5) is 0 Å². The van der Waals surface area contributed by atoms with Crippen LogP contribution in [0.2, 0.25) is 0 Å². The maximum Gasteiger partial charge on any atom is 0.231 e. The topological polar surface area (TPSA) is 85.2 Å². The Hall–Kier alpha value is -1.89. The van der Waals surface area contributed by atoms with Gasteiger partial charge in [0.25, 0.3) is 0 Å². The third-order valence-electron chi connectivity index (χ3n) is 6.73. The maximum absolute atomic E-state index is 12.6. The number of rotatable bonds is 4. The summed E-state index contributed by atoms with van der Waals surface area (Å²) in [4.78, 5) is 12.6. The molecule has 140 valence electrons. The standard InChI is InChI=1S/C20H24O6/c1-4-7-19-9-13(21)17(22)20(24-3,18(19)23)16(11(19)2)12-5-6-14-15(8-12)26-10-25-14/h4-6,8,11,16-18,22-23H,1,7,9-10H2,2-3H3/t11-,16+,17-,18-,19-,20+/m0/s1. The van der Waals surface area contributed by atoms with Crippen molar-refractivity contribution in [1.82, 2.24) is 0 Å². The predicted molar refractivity (Wildman–Crippen MR) is 93.1 cm³/mol. The molecule has 2 bridgehead atoms. The van der Waals surface area contributed by atoms with Gasteiger partial charge in [-0.2, -0.15) is 0 Å². The lowest BCUT2D eigenvalue weighted by Crippen LogP contribution is -2.63. The minimum Gasteiger partial charge on any atom is -0.454 e. The van der Waals surface area contributed by atoms with Crippen molar-refractivity contribution in [2.24, 2.45) is 11.3 Å². The van der Waals surface area contributed by atoms with Gasteiger partial charge in [0.05, 0.1) is 6.10 Å². The molecule has 1 aromatic carbocycles. The lowest BCUT2D eigenvalue weighted by atomic mass is 9.65. The van der Waals surface area contributed by atoms with E-state index in [0.717, 1.165) is 5.56 Å². The molecule has 0 unspecified atom stereocenters. The smallest absolute Gasteiger partial charge is 0.231 e. The summed E-state index contributed by atoms with van der Waals surface area (Å²) < 4.78 is 16.6. The molecular formula is C20H24O6. The number of carbonyl (C=O) groups is 1. The molecular weight excluding hydrogens is 336 g/mol. The normalized spacial score (nSPS) is 40.7. The monoisotopic (exact) mass is 360 g/mol. The zero-order valence-electron chi connectivity index (χ0n) is 15.0. The van der Waals surface area contributed by atoms with Gasteiger partial charge in [0.2, 0.25) is 6.79 Å². The Kier molecular flexibility index (Phi) is 3.91.